The number of nitrogen functional groups attached to an aromatic ring is 2. The van der Waals surface area contributed by atoms with Crippen LogP contribution in [0.25, 0.3) is 44.6 Å². The van der Waals surface area contributed by atoms with Crippen molar-refractivity contribution in [1.29, 1.82) is 0 Å². The van der Waals surface area contributed by atoms with Gasteiger partial charge in [-0.2, -0.15) is 10.2 Å². The third-order valence-corrected chi connectivity index (χ3v) is 6.31. The van der Waals surface area contributed by atoms with Crippen molar-refractivity contribution in [2.75, 3.05) is 18.6 Å². The molecule has 12 nitrogen and oxygen atoms in total. The Balaban J connectivity index is 1.39. The lowest BCUT2D eigenvalue weighted by atomic mass is 10.1. The van der Waals surface area contributed by atoms with Crippen LogP contribution >= 0.6 is 11.6 Å². The largest absolute Gasteiger partial charge is 0.497 e. The third kappa shape index (κ3) is 4.28. The van der Waals surface area contributed by atoms with Gasteiger partial charge < -0.3 is 20.9 Å². The van der Waals surface area contributed by atoms with Gasteiger partial charge in [-0.1, -0.05) is 11.6 Å². The molecule has 4 N–H and O–H groups in total. The second-order valence-electron chi connectivity index (χ2n) is 8.56. The molecule has 0 bridgehead atoms. The van der Waals surface area contributed by atoms with Crippen LogP contribution in [0.4, 0.5) is 16.0 Å². The van der Waals surface area contributed by atoms with E-state index in [0.29, 0.717) is 66.9 Å². The molecule has 0 unspecified atom stereocenters. The van der Waals surface area contributed by atoms with Gasteiger partial charge in [-0.05, 0) is 30.3 Å². The molecule has 0 spiro atoms. The van der Waals surface area contributed by atoms with E-state index in [1.807, 2.05) is 0 Å². The van der Waals surface area contributed by atoms with E-state index in [1.165, 1.54) is 36.6 Å². The van der Waals surface area contributed by atoms with Crippen LogP contribution in [0, 0.1) is 5.82 Å². The highest BCUT2D eigenvalue weighted by Crippen LogP contribution is 2.35. The molecule has 0 aliphatic heterocycles. The molecule has 4 heterocycles. The van der Waals surface area contributed by atoms with E-state index in [9.17, 15) is 4.39 Å². The van der Waals surface area contributed by atoms with Crippen LogP contribution in [0.15, 0.2) is 49.1 Å². The van der Waals surface area contributed by atoms with E-state index < -0.39 is 5.82 Å². The third-order valence-electron chi connectivity index (χ3n) is 6.09. The molecule has 0 saturated carbocycles. The SMILES string of the molecule is COc1cc(F)cc(-c2nn(COc3cc(Cl)cc(-c4nn(C)c5ncnc(N)c45)c3)c3ncnc(N)c23)c1. The Labute approximate surface area is 225 Å². The van der Waals surface area contributed by atoms with Crippen LogP contribution in [-0.2, 0) is 13.8 Å². The van der Waals surface area contributed by atoms with Gasteiger partial charge in [-0.25, -0.2) is 33.7 Å². The fourth-order valence-corrected chi connectivity index (χ4v) is 4.59. The number of halogens is 2. The van der Waals surface area contributed by atoms with E-state index in [4.69, 9.17) is 32.5 Å². The first kappa shape index (κ1) is 24.3. The van der Waals surface area contributed by atoms with E-state index in [-0.39, 0.29) is 12.5 Å². The summed E-state index contributed by atoms with van der Waals surface area (Å²) < 4.78 is 28.7. The summed E-state index contributed by atoms with van der Waals surface area (Å²) >= 11 is 6.44. The van der Waals surface area contributed by atoms with E-state index in [2.05, 4.69) is 30.1 Å². The maximum atomic E-state index is 14.3. The van der Waals surface area contributed by atoms with Gasteiger partial charge in [0.15, 0.2) is 18.0 Å². The van der Waals surface area contributed by atoms with Crippen molar-refractivity contribution < 1.29 is 13.9 Å². The van der Waals surface area contributed by atoms with Crippen molar-refractivity contribution in [3.8, 4) is 34.0 Å². The highest BCUT2D eigenvalue weighted by Gasteiger charge is 2.20. The van der Waals surface area contributed by atoms with Crippen LogP contribution in [-0.4, -0.2) is 46.6 Å². The molecule has 0 amide bonds. The number of anilines is 2. The maximum Gasteiger partial charge on any atom is 0.183 e. The number of hydrogen-bond acceptors (Lipinski definition) is 10. The second kappa shape index (κ2) is 9.36. The number of hydrogen-bond donors (Lipinski definition) is 2. The number of nitrogens with zero attached hydrogens (tertiary/aromatic N) is 8. The number of methoxy groups -OCH3 is 1. The zero-order valence-electron chi connectivity index (χ0n) is 20.6. The van der Waals surface area contributed by atoms with Crippen molar-refractivity contribution >= 4 is 45.3 Å². The maximum absolute atomic E-state index is 14.3. The molecule has 0 aliphatic carbocycles. The fourth-order valence-electron chi connectivity index (χ4n) is 4.37. The number of nitrogens with two attached hydrogens (primary N) is 2. The first-order chi connectivity index (χ1) is 18.8. The van der Waals surface area contributed by atoms with Gasteiger partial charge in [0.05, 0.1) is 17.9 Å². The summed E-state index contributed by atoms with van der Waals surface area (Å²) in [6.45, 7) is -0.0621. The van der Waals surface area contributed by atoms with Gasteiger partial charge in [0.1, 0.15) is 53.0 Å². The first-order valence-electron chi connectivity index (χ1n) is 11.5. The van der Waals surface area contributed by atoms with Gasteiger partial charge in [0.2, 0.25) is 0 Å². The molecule has 0 radical (unpaired) electrons. The van der Waals surface area contributed by atoms with Crippen molar-refractivity contribution in [1.82, 2.24) is 39.5 Å². The summed E-state index contributed by atoms with van der Waals surface area (Å²) in [5.41, 5.74) is 15.3. The highest BCUT2D eigenvalue weighted by atomic mass is 35.5. The van der Waals surface area contributed by atoms with E-state index in [1.54, 1.807) is 36.0 Å². The smallest absolute Gasteiger partial charge is 0.183 e. The van der Waals surface area contributed by atoms with Gasteiger partial charge in [-0.3, -0.25) is 0 Å². The average Bonchev–Trinajstić information content (AvgIpc) is 3.46. The average molecular weight is 547 g/mol. The minimum absolute atomic E-state index is 0.0621. The summed E-state index contributed by atoms with van der Waals surface area (Å²) in [5.74, 6) is 0.771. The molecule has 0 aliphatic rings. The van der Waals surface area contributed by atoms with Gasteiger partial charge >= 0.3 is 0 Å². The number of ether oxygens (including phenoxy) is 2. The standard InChI is InChI=1S/C25H20ClFN10O2/c1-36-24-18(22(28)30-9-32-24)20(34-36)12-3-14(26)7-17(6-12)39-11-37-25-19(23(29)31-10-33-25)21(35-37)13-4-15(27)8-16(5-13)38-2/h3-10H,11H2,1-2H3,(H2,28,30,32)(H2,29,31,33). The normalized spacial score (nSPS) is 11.4. The van der Waals surface area contributed by atoms with Crippen LogP contribution in [0.1, 0.15) is 0 Å². The quantitative estimate of drug-likeness (QED) is 0.314. The predicted molar refractivity (Wildman–Crippen MR) is 143 cm³/mol. The van der Waals surface area contributed by atoms with Crippen LogP contribution in [0.2, 0.25) is 5.02 Å². The minimum Gasteiger partial charge on any atom is -0.497 e. The molecule has 0 saturated heterocycles. The number of rotatable bonds is 6. The Morgan fingerprint density at radius 1 is 0.821 bits per heavy atom. The fraction of sp³-hybridized carbons (Fsp3) is 0.120. The van der Waals surface area contributed by atoms with E-state index in [0.717, 1.165) is 0 Å². The minimum atomic E-state index is -0.488. The molecule has 4 aromatic heterocycles. The summed E-state index contributed by atoms with van der Waals surface area (Å²) in [5, 5.41) is 10.7. The second-order valence-corrected chi connectivity index (χ2v) is 9.00. The zero-order valence-corrected chi connectivity index (χ0v) is 21.4. The molecule has 14 heteroatoms. The van der Waals surface area contributed by atoms with Crippen molar-refractivity contribution in [3.63, 3.8) is 0 Å². The van der Waals surface area contributed by atoms with E-state index >= 15 is 0 Å². The molecule has 6 rings (SSSR count). The van der Waals surface area contributed by atoms with Crippen LogP contribution in [0.3, 0.4) is 0 Å². The van der Waals surface area contributed by atoms with Gasteiger partial charge in [0.25, 0.3) is 0 Å². The van der Waals surface area contributed by atoms with Gasteiger partial charge in [-0.15, -0.1) is 0 Å². The number of aromatic nitrogens is 8. The Morgan fingerprint density at radius 2 is 1.46 bits per heavy atom. The Kier molecular flexibility index (Phi) is 5.84. The Hall–Kier alpha value is -5.04. The molecule has 39 heavy (non-hydrogen) atoms. The summed E-state index contributed by atoms with van der Waals surface area (Å²) in [7, 11) is 3.22. The zero-order chi connectivity index (χ0) is 27.3. The molecule has 196 valence electrons. The molecular weight excluding hydrogens is 527 g/mol. The highest BCUT2D eigenvalue weighted by molar-refractivity contribution is 6.31. The summed E-state index contributed by atoms with van der Waals surface area (Å²) in [4.78, 5) is 16.8. The molecule has 0 atom stereocenters. The van der Waals surface area contributed by atoms with Crippen molar-refractivity contribution in [2.24, 2.45) is 7.05 Å². The van der Waals surface area contributed by atoms with Crippen molar-refractivity contribution in [3.05, 3.63) is 59.9 Å². The van der Waals surface area contributed by atoms with Crippen LogP contribution in [0.5, 0.6) is 11.5 Å². The number of benzene rings is 2. The monoisotopic (exact) mass is 546 g/mol. The molecule has 0 fully saturated rings. The lowest BCUT2D eigenvalue weighted by Gasteiger charge is -2.09. The number of aryl methyl sites for hydroxylation is 1. The Morgan fingerprint density at radius 3 is 2.21 bits per heavy atom. The molecular formula is C25H20ClFN10O2. The topological polar surface area (TPSA) is 158 Å². The Bertz CT molecular complexity index is 1890. The lowest BCUT2D eigenvalue weighted by Crippen LogP contribution is -2.08. The van der Waals surface area contributed by atoms with Crippen molar-refractivity contribution in [2.45, 2.75) is 6.73 Å². The molecule has 6 aromatic rings. The van der Waals surface area contributed by atoms with Crippen LogP contribution < -0.4 is 20.9 Å². The molecule has 2 aromatic carbocycles. The summed E-state index contributed by atoms with van der Waals surface area (Å²) in [6, 6.07) is 9.43. The first-order valence-corrected chi connectivity index (χ1v) is 11.9. The van der Waals surface area contributed by atoms with Gasteiger partial charge in [0, 0.05) is 29.3 Å². The predicted octanol–water partition coefficient (Wildman–Crippen LogP) is 3.84. The summed E-state index contributed by atoms with van der Waals surface area (Å²) in [6.07, 6.45) is 2.70. The number of fused-ring (bicyclic) bond motifs is 2. The lowest BCUT2D eigenvalue weighted by molar-refractivity contribution is 0.226.